The van der Waals surface area contributed by atoms with Crippen LogP contribution in [0.5, 0.6) is 0 Å². The van der Waals surface area contributed by atoms with E-state index in [4.69, 9.17) is 0 Å². The van der Waals surface area contributed by atoms with Crippen LogP contribution in [0, 0.1) is 31.6 Å². The molecule has 0 aromatic heterocycles. The molecule has 5 rings (SSSR count). The van der Waals surface area contributed by atoms with Gasteiger partial charge in [0.2, 0.25) is 0 Å². The number of carbonyl (C=O) groups excluding carboxylic acids is 2. The van der Waals surface area contributed by atoms with Gasteiger partial charge in [0, 0.05) is 42.0 Å². The number of ketones is 2. The highest BCUT2D eigenvalue weighted by Gasteiger charge is 2.45. The van der Waals surface area contributed by atoms with Gasteiger partial charge >= 0.3 is 0 Å². The normalized spacial score (nSPS) is 23.8. The Morgan fingerprint density at radius 2 is 1.44 bits per heavy atom. The fourth-order valence-corrected chi connectivity index (χ4v) is 6.79. The third kappa shape index (κ3) is 6.40. The van der Waals surface area contributed by atoms with Crippen molar-refractivity contribution in [1.82, 2.24) is 10.2 Å². The first kappa shape index (κ1) is 27.5. The Hall–Kier alpha value is -3.08. The number of aryl methyl sites for hydroxylation is 1. The van der Waals surface area contributed by atoms with Crippen LogP contribution in [0.15, 0.2) is 78.9 Å². The van der Waals surface area contributed by atoms with Crippen molar-refractivity contribution in [3.05, 3.63) is 107 Å². The summed E-state index contributed by atoms with van der Waals surface area (Å²) in [5.41, 5.74) is 5.01. The molecule has 4 nitrogen and oxygen atoms in total. The second-order valence-electron chi connectivity index (χ2n) is 11.6. The SMILES string of the molecule is Cc1cccc(C2[C@@H](C(=O)c3ccccc3)CN(CCCC3CCCNC3)C[C@H]2C(=O)c2ccccc2)c1C. The Balaban J connectivity index is 1.50. The zero-order chi connectivity index (χ0) is 27.2. The number of nitrogens with zero attached hydrogens (tertiary/aromatic N) is 1. The summed E-state index contributed by atoms with van der Waals surface area (Å²) >= 11 is 0. The largest absolute Gasteiger partial charge is 0.316 e. The first-order valence-electron chi connectivity index (χ1n) is 14.7. The Bertz CT molecular complexity index is 1190. The molecule has 2 heterocycles. The molecule has 0 saturated carbocycles. The third-order valence-electron chi connectivity index (χ3n) is 9.06. The molecule has 39 heavy (non-hydrogen) atoms. The van der Waals surface area contributed by atoms with Crippen molar-refractivity contribution < 1.29 is 9.59 Å². The van der Waals surface area contributed by atoms with E-state index >= 15 is 0 Å². The third-order valence-corrected chi connectivity index (χ3v) is 9.06. The molecule has 3 aromatic rings. The maximum Gasteiger partial charge on any atom is 0.167 e. The highest BCUT2D eigenvalue weighted by atomic mass is 16.1. The zero-order valence-corrected chi connectivity index (χ0v) is 23.4. The topological polar surface area (TPSA) is 49.4 Å². The summed E-state index contributed by atoms with van der Waals surface area (Å²) in [5.74, 6) is 0.298. The van der Waals surface area contributed by atoms with Gasteiger partial charge in [-0.05, 0) is 81.8 Å². The van der Waals surface area contributed by atoms with Gasteiger partial charge in [-0.1, -0.05) is 78.9 Å². The van der Waals surface area contributed by atoms with E-state index in [1.165, 1.54) is 30.4 Å². The van der Waals surface area contributed by atoms with Gasteiger partial charge in [-0.25, -0.2) is 0 Å². The summed E-state index contributed by atoms with van der Waals surface area (Å²) in [6.07, 6.45) is 4.84. The molecule has 0 aliphatic carbocycles. The molecule has 0 spiro atoms. The monoisotopic (exact) mass is 522 g/mol. The van der Waals surface area contributed by atoms with E-state index in [1.54, 1.807) is 0 Å². The number of rotatable bonds is 9. The van der Waals surface area contributed by atoms with Crippen molar-refractivity contribution in [2.75, 3.05) is 32.7 Å². The lowest BCUT2D eigenvalue weighted by molar-refractivity contribution is 0.0565. The minimum Gasteiger partial charge on any atom is -0.316 e. The van der Waals surface area contributed by atoms with Crippen LogP contribution in [0.25, 0.3) is 0 Å². The number of nitrogens with one attached hydrogen (secondary N) is 1. The maximum atomic E-state index is 14.2. The molecule has 4 atom stereocenters. The summed E-state index contributed by atoms with van der Waals surface area (Å²) < 4.78 is 0. The fraction of sp³-hybridized carbons (Fsp3) is 0.429. The van der Waals surface area contributed by atoms with Crippen LogP contribution in [-0.4, -0.2) is 49.2 Å². The second-order valence-corrected chi connectivity index (χ2v) is 11.6. The van der Waals surface area contributed by atoms with E-state index in [9.17, 15) is 9.59 Å². The average Bonchev–Trinajstić information content (AvgIpc) is 2.99. The van der Waals surface area contributed by atoms with Crippen LogP contribution in [0.3, 0.4) is 0 Å². The van der Waals surface area contributed by atoms with E-state index in [2.05, 4.69) is 42.3 Å². The maximum absolute atomic E-state index is 14.2. The predicted molar refractivity (Wildman–Crippen MR) is 158 cm³/mol. The van der Waals surface area contributed by atoms with Gasteiger partial charge in [0.05, 0.1) is 0 Å². The first-order valence-corrected chi connectivity index (χ1v) is 14.7. The Labute approximate surface area is 233 Å². The fourth-order valence-electron chi connectivity index (χ4n) is 6.79. The van der Waals surface area contributed by atoms with Crippen LogP contribution in [-0.2, 0) is 0 Å². The summed E-state index contributed by atoms with van der Waals surface area (Å²) in [4.78, 5) is 30.8. The predicted octanol–water partition coefficient (Wildman–Crippen LogP) is 6.48. The van der Waals surface area contributed by atoms with Crippen molar-refractivity contribution in [1.29, 1.82) is 0 Å². The highest BCUT2D eigenvalue weighted by molar-refractivity contribution is 6.02. The minimum absolute atomic E-state index is 0.147. The van der Waals surface area contributed by atoms with Gasteiger partial charge in [-0.3, -0.25) is 9.59 Å². The van der Waals surface area contributed by atoms with Gasteiger partial charge in [-0.2, -0.15) is 0 Å². The lowest BCUT2D eigenvalue weighted by Crippen LogP contribution is -2.50. The molecule has 0 radical (unpaired) electrons. The van der Waals surface area contributed by atoms with Crippen molar-refractivity contribution in [3.8, 4) is 0 Å². The molecule has 0 bridgehead atoms. The number of hydrogen-bond donors (Lipinski definition) is 1. The van der Waals surface area contributed by atoms with E-state index in [0.29, 0.717) is 13.1 Å². The van der Waals surface area contributed by atoms with Crippen LogP contribution < -0.4 is 5.32 Å². The van der Waals surface area contributed by atoms with E-state index in [-0.39, 0.29) is 29.3 Å². The second kappa shape index (κ2) is 12.8. The molecule has 2 unspecified atom stereocenters. The molecule has 1 N–H and O–H groups in total. The Morgan fingerprint density at radius 3 is 2.00 bits per heavy atom. The zero-order valence-electron chi connectivity index (χ0n) is 23.4. The molecule has 2 aliphatic rings. The number of benzene rings is 3. The number of carbonyl (C=O) groups is 2. The van der Waals surface area contributed by atoms with Crippen molar-refractivity contribution in [2.45, 2.75) is 45.4 Å². The molecule has 0 amide bonds. The molecule has 204 valence electrons. The highest BCUT2D eigenvalue weighted by Crippen LogP contribution is 2.42. The van der Waals surface area contributed by atoms with Crippen LogP contribution in [0.2, 0.25) is 0 Å². The van der Waals surface area contributed by atoms with Crippen LogP contribution >= 0.6 is 0 Å². The Morgan fingerprint density at radius 1 is 0.821 bits per heavy atom. The van der Waals surface area contributed by atoms with Crippen LogP contribution in [0.4, 0.5) is 0 Å². The lowest BCUT2D eigenvalue weighted by atomic mass is 9.67. The smallest absolute Gasteiger partial charge is 0.167 e. The molecule has 2 fully saturated rings. The summed E-state index contributed by atoms with van der Waals surface area (Å²) in [7, 11) is 0. The quantitative estimate of drug-likeness (QED) is 0.327. The van der Waals surface area contributed by atoms with Gasteiger partial charge < -0.3 is 10.2 Å². The molecular formula is C35H42N2O2. The summed E-state index contributed by atoms with van der Waals surface area (Å²) in [6.45, 7) is 8.81. The molecule has 2 aliphatic heterocycles. The summed E-state index contributed by atoms with van der Waals surface area (Å²) in [5, 5.41) is 3.53. The van der Waals surface area contributed by atoms with Crippen molar-refractivity contribution in [3.63, 3.8) is 0 Å². The van der Waals surface area contributed by atoms with Crippen molar-refractivity contribution in [2.24, 2.45) is 17.8 Å². The molecular weight excluding hydrogens is 480 g/mol. The van der Waals surface area contributed by atoms with Gasteiger partial charge in [0.15, 0.2) is 11.6 Å². The van der Waals surface area contributed by atoms with E-state index < -0.39 is 0 Å². The van der Waals surface area contributed by atoms with E-state index in [1.807, 2.05) is 60.7 Å². The van der Waals surface area contributed by atoms with Gasteiger partial charge in [-0.15, -0.1) is 0 Å². The number of hydrogen-bond acceptors (Lipinski definition) is 4. The van der Waals surface area contributed by atoms with Crippen molar-refractivity contribution >= 4 is 11.6 Å². The van der Waals surface area contributed by atoms with E-state index in [0.717, 1.165) is 48.7 Å². The standard InChI is InChI=1S/C35H42N2O2/c1-25-12-9-19-30(26(25)2)33-31(34(38)28-15-5-3-6-16-28)23-37(21-11-14-27-13-10-20-36-22-27)24-32(33)35(39)29-17-7-4-8-18-29/h3-9,12,15-19,27,31-33,36H,10-11,13-14,20-24H2,1-2H3/t27?,31-,32+,33?. The first-order chi connectivity index (χ1) is 19.0. The summed E-state index contributed by atoms with van der Waals surface area (Å²) in [6, 6.07) is 25.7. The van der Waals surface area contributed by atoms with Gasteiger partial charge in [0.1, 0.15) is 0 Å². The lowest BCUT2D eigenvalue weighted by Gasteiger charge is -2.44. The Kier molecular flexibility index (Phi) is 9.06. The number of Topliss-reactive ketones (excluding diaryl/α,β-unsaturated/α-hetero) is 2. The van der Waals surface area contributed by atoms with Crippen LogP contribution in [0.1, 0.15) is 69.0 Å². The number of likely N-dealkylation sites (tertiary alicyclic amines) is 1. The molecule has 3 aromatic carbocycles. The average molecular weight is 523 g/mol. The number of piperidine rings is 2. The van der Waals surface area contributed by atoms with Gasteiger partial charge in [0.25, 0.3) is 0 Å². The molecule has 2 saturated heterocycles. The minimum atomic E-state index is -0.282. The molecule has 4 heteroatoms.